The number of hydrogen-bond acceptors (Lipinski definition) is 8. The zero-order valence-electron chi connectivity index (χ0n) is 21.1. The first-order valence-electron chi connectivity index (χ1n) is 12.3. The van der Waals surface area contributed by atoms with Crippen molar-refractivity contribution >= 4 is 28.3 Å². The Bertz CT molecular complexity index is 1180. The molecule has 1 aromatic heterocycles. The number of carbonyl (C=O) groups is 1. The topological polar surface area (TPSA) is 106 Å². The lowest BCUT2D eigenvalue weighted by molar-refractivity contribution is -0.136. The molecule has 3 aromatic rings. The number of rotatable bonds is 10. The molecule has 2 atom stereocenters. The maximum Gasteiger partial charge on any atom is 0.263 e. The minimum absolute atomic E-state index is 0.108. The quantitative estimate of drug-likeness (QED) is 0.438. The fraction of sp³-hybridized carbons (Fsp3) is 0.444. The van der Waals surface area contributed by atoms with Gasteiger partial charge in [-0.2, -0.15) is 0 Å². The lowest BCUT2D eigenvalue weighted by Gasteiger charge is -2.23. The predicted molar refractivity (Wildman–Crippen MR) is 138 cm³/mol. The van der Waals surface area contributed by atoms with Crippen molar-refractivity contribution in [2.24, 2.45) is 0 Å². The zero-order chi connectivity index (χ0) is 25.5. The first-order chi connectivity index (χ1) is 17.5. The molecule has 0 radical (unpaired) electrons. The molecule has 9 nitrogen and oxygen atoms in total. The third kappa shape index (κ3) is 6.22. The summed E-state index contributed by atoms with van der Waals surface area (Å²) in [5.41, 5.74) is 2.53. The van der Waals surface area contributed by atoms with E-state index in [2.05, 4.69) is 15.3 Å². The number of aryl methyl sites for hydroxylation is 1. The molecule has 9 heteroatoms. The first kappa shape index (κ1) is 25.7. The molecule has 192 valence electrons. The van der Waals surface area contributed by atoms with Crippen LogP contribution in [0.3, 0.4) is 0 Å². The Morgan fingerprint density at radius 1 is 1.25 bits per heavy atom. The highest BCUT2D eigenvalue weighted by atomic mass is 16.5. The minimum Gasteiger partial charge on any atom is -0.491 e. The molecule has 1 amide bonds. The van der Waals surface area contributed by atoms with E-state index >= 15 is 0 Å². The van der Waals surface area contributed by atoms with Gasteiger partial charge in [-0.15, -0.1) is 0 Å². The molecule has 1 saturated heterocycles. The molecular formula is C27H34N4O5. The summed E-state index contributed by atoms with van der Waals surface area (Å²) in [6.45, 7) is 5.18. The number of anilines is 2. The van der Waals surface area contributed by atoms with Crippen LogP contribution in [-0.4, -0.2) is 71.5 Å². The number of hydrogen-bond donors (Lipinski definition) is 2. The van der Waals surface area contributed by atoms with E-state index in [0.29, 0.717) is 29.1 Å². The average molecular weight is 495 g/mol. The molecule has 1 fully saturated rings. The molecule has 2 N–H and O–H groups in total. The number of likely N-dealkylation sites (N-methyl/N-ethyl adjacent to an activating group) is 1. The van der Waals surface area contributed by atoms with Gasteiger partial charge in [0.25, 0.3) is 5.91 Å². The number of nitrogens with one attached hydrogen (secondary N) is 1. The van der Waals surface area contributed by atoms with Gasteiger partial charge in [-0.25, -0.2) is 9.97 Å². The molecule has 1 aliphatic heterocycles. The van der Waals surface area contributed by atoms with Gasteiger partial charge in [-0.1, -0.05) is 6.07 Å². The van der Waals surface area contributed by atoms with Gasteiger partial charge in [0, 0.05) is 25.9 Å². The Labute approximate surface area is 211 Å². The van der Waals surface area contributed by atoms with E-state index in [0.717, 1.165) is 36.4 Å². The van der Waals surface area contributed by atoms with E-state index in [-0.39, 0.29) is 25.2 Å². The highest BCUT2D eigenvalue weighted by molar-refractivity contribution is 5.96. The fourth-order valence-corrected chi connectivity index (χ4v) is 4.23. The summed E-state index contributed by atoms with van der Waals surface area (Å²) in [6, 6.07) is 11.4. The number of ether oxygens (including phenoxy) is 3. The van der Waals surface area contributed by atoms with Crippen LogP contribution in [0.25, 0.3) is 10.9 Å². The molecule has 0 spiro atoms. The van der Waals surface area contributed by atoms with E-state index in [4.69, 9.17) is 19.3 Å². The number of aromatic nitrogens is 2. The largest absolute Gasteiger partial charge is 0.491 e. The van der Waals surface area contributed by atoms with Crippen LogP contribution in [0.15, 0.2) is 42.7 Å². The van der Waals surface area contributed by atoms with Gasteiger partial charge in [0.2, 0.25) is 0 Å². The highest BCUT2D eigenvalue weighted by Crippen LogP contribution is 2.33. The van der Waals surface area contributed by atoms with Crippen LogP contribution in [0, 0.1) is 6.92 Å². The van der Waals surface area contributed by atoms with Crippen molar-refractivity contribution in [1.29, 1.82) is 0 Å². The van der Waals surface area contributed by atoms with Crippen LogP contribution in [0.2, 0.25) is 0 Å². The molecule has 36 heavy (non-hydrogen) atoms. The number of nitrogens with zero attached hydrogens (tertiary/aromatic N) is 3. The fourth-order valence-electron chi connectivity index (χ4n) is 4.23. The average Bonchev–Trinajstić information content (AvgIpc) is 2.88. The Morgan fingerprint density at radius 2 is 2.11 bits per heavy atom. The zero-order valence-corrected chi connectivity index (χ0v) is 21.1. The Morgan fingerprint density at radius 3 is 2.86 bits per heavy atom. The first-order valence-corrected chi connectivity index (χ1v) is 12.3. The van der Waals surface area contributed by atoms with E-state index in [1.807, 2.05) is 37.3 Å². The van der Waals surface area contributed by atoms with Crippen LogP contribution in [0.1, 0.15) is 31.7 Å². The third-order valence-electron chi connectivity index (χ3n) is 6.22. The van der Waals surface area contributed by atoms with Gasteiger partial charge in [-0.3, -0.25) is 4.79 Å². The van der Waals surface area contributed by atoms with Crippen LogP contribution in [0.4, 0.5) is 11.5 Å². The molecule has 2 aromatic carbocycles. The normalized spacial score (nSPS) is 16.4. The number of aliphatic hydroxyl groups excluding tert-OH is 1. The van der Waals surface area contributed by atoms with E-state index < -0.39 is 6.10 Å². The summed E-state index contributed by atoms with van der Waals surface area (Å²) in [4.78, 5) is 22.9. The Kier molecular flexibility index (Phi) is 8.56. The van der Waals surface area contributed by atoms with Crippen molar-refractivity contribution in [3.05, 3.63) is 48.3 Å². The van der Waals surface area contributed by atoms with Crippen molar-refractivity contribution in [2.75, 3.05) is 38.7 Å². The summed E-state index contributed by atoms with van der Waals surface area (Å²) in [5.74, 6) is 1.67. The molecule has 2 heterocycles. The smallest absolute Gasteiger partial charge is 0.263 e. The molecule has 1 unspecified atom stereocenters. The van der Waals surface area contributed by atoms with Crippen LogP contribution >= 0.6 is 0 Å². The monoisotopic (exact) mass is 494 g/mol. The van der Waals surface area contributed by atoms with Crippen molar-refractivity contribution < 1.29 is 24.1 Å². The van der Waals surface area contributed by atoms with Gasteiger partial charge in [0.05, 0.1) is 23.6 Å². The van der Waals surface area contributed by atoms with Gasteiger partial charge in [0.15, 0.2) is 6.10 Å². The standard InChI is InChI=1S/C27H34N4O5/c1-18-15-20(10-11-23(18)35-16-21-7-4-5-14-34-21)30-26-25-22(28-17-29-26)8-6-9-24(25)36-19(2)27(33)31(3)12-13-32/h6,8-11,15,17,19,21,32H,4-5,7,12-14,16H2,1-3H3,(H,28,29,30)/t19-,21?/m1/s1. The minimum atomic E-state index is -0.743. The van der Waals surface area contributed by atoms with Crippen LogP contribution < -0.4 is 14.8 Å². The van der Waals surface area contributed by atoms with Crippen molar-refractivity contribution in [3.8, 4) is 11.5 Å². The number of aliphatic hydroxyl groups is 1. The number of amides is 1. The lowest BCUT2D eigenvalue weighted by Crippen LogP contribution is -2.39. The number of benzene rings is 2. The maximum absolute atomic E-state index is 12.6. The van der Waals surface area contributed by atoms with Crippen molar-refractivity contribution in [1.82, 2.24) is 14.9 Å². The predicted octanol–water partition coefficient (Wildman–Crippen LogP) is 3.85. The lowest BCUT2D eigenvalue weighted by atomic mass is 10.1. The van der Waals surface area contributed by atoms with Crippen LogP contribution in [-0.2, 0) is 9.53 Å². The van der Waals surface area contributed by atoms with Gasteiger partial charge >= 0.3 is 0 Å². The maximum atomic E-state index is 12.6. The highest BCUT2D eigenvalue weighted by Gasteiger charge is 2.21. The summed E-state index contributed by atoms with van der Waals surface area (Å²) in [7, 11) is 1.63. The SMILES string of the molecule is Cc1cc(Nc2ncnc3cccc(O[C@H](C)C(=O)N(C)CCO)c23)ccc1OCC1CCCCO1. The van der Waals surface area contributed by atoms with Crippen LogP contribution in [0.5, 0.6) is 11.5 Å². The molecule has 1 aliphatic rings. The molecule has 4 rings (SSSR count). The molecule has 0 bridgehead atoms. The Hall–Kier alpha value is -3.43. The molecule has 0 saturated carbocycles. The molecular weight excluding hydrogens is 460 g/mol. The van der Waals surface area contributed by atoms with Crippen molar-refractivity contribution in [2.45, 2.75) is 45.3 Å². The second kappa shape index (κ2) is 12.0. The van der Waals surface area contributed by atoms with Gasteiger partial charge in [0.1, 0.15) is 30.3 Å². The summed E-state index contributed by atoms with van der Waals surface area (Å²) >= 11 is 0. The summed E-state index contributed by atoms with van der Waals surface area (Å²) < 4.78 is 17.8. The number of fused-ring (bicyclic) bond motifs is 1. The second-order valence-electron chi connectivity index (χ2n) is 9.02. The second-order valence-corrected chi connectivity index (χ2v) is 9.02. The van der Waals surface area contributed by atoms with Crippen molar-refractivity contribution in [3.63, 3.8) is 0 Å². The third-order valence-corrected chi connectivity index (χ3v) is 6.22. The van der Waals surface area contributed by atoms with E-state index in [1.54, 1.807) is 20.0 Å². The van der Waals surface area contributed by atoms with E-state index in [9.17, 15) is 4.79 Å². The molecule has 0 aliphatic carbocycles. The Balaban J connectivity index is 1.51. The number of carbonyl (C=O) groups excluding carboxylic acids is 1. The summed E-state index contributed by atoms with van der Waals surface area (Å²) in [5, 5.41) is 13.2. The summed E-state index contributed by atoms with van der Waals surface area (Å²) in [6.07, 6.45) is 4.24. The van der Waals surface area contributed by atoms with Gasteiger partial charge in [-0.05, 0) is 69.0 Å². The van der Waals surface area contributed by atoms with Gasteiger partial charge < -0.3 is 29.5 Å². The van der Waals surface area contributed by atoms with E-state index in [1.165, 1.54) is 17.6 Å².